The molecule has 3 nitrogen and oxygen atoms in total. The first-order valence-corrected chi connectivity index (χ1v) is 6.77. The van der Waals surface area contributed by atoms with Crippen LogP contribution in [-0.4, -0.2) is 24.1 Å². The van der Waals surface area contributed by atoms with Crippen LogP contribution in [0.1, 0.15) is 23.6 Å². The molecule has 1 aromatic rings. The molecule has 0 heterocycles. The molecule has 1 aliphatic carbocycles. The summed E-state index contributed by atoms with van der Waals surface area (Å²) in [5, 5.41) is 12.0. The summed E-state index contributed by atoms with van der Waals surface area (Å²) >= 11 is 1.53. The normalized spacial score (nSPS) is 18.4. The molecule has 0 bridgehead atoms. The molecule has 0 saturated heterocycles. The Morgan fingerprint density at radius 1 is 1.47 bits per heavy atom. The topological polar surface area (TPSA) is 44.3 Å². The van der Waals surface area contributed by atoms with Crippen molar-refractivity contribution < 1.29 is 9.50 Å². The first-order valence-electron chi connectivity index (χ1n) is 5.79. The third-order valence-corrected chi connectivity index (χ3v) is 3.65. The minimum absolute atomic E-state index is 0.0853. The molecular formula is C12H17FN2OS. The van der Waals surface area contributed by atoms with Crippen molar-refractivity contribution >= 4 is 11.9 Å². The molecule has 94 valence electrons. The molecule has 0 amide bonds. The molecule has 0 spiro atoms. The number of aliphatic hydroxyl groups excluding tert-OH is 1. The summed E-state index contributed by atoms with van der Waals surface area (Å²) < 4.78 is 16.5. The van der Waals surface area contributed by atoms with Gasteiger partial charge in [0.15, 0.2) is 0 Å². The number of nitrogens with one attached hydrogen (secondary N) is 2. The van der Waals surface area contributed by atoms with Gasteiger partial charge in [0.05, 0.1) is 12.5 Å². The van der Waals surface area contributed by atoms with E-state index in [1.54, 1.807) is 6.07 Å². The van der Waals surface area contributed by atoms with Crippen molar-refractivity contribution in [3.63, 3.8) is 0 Å². The summed E-state index contributed by atoms with van der Waals surface area (Å²) in [7, 11) is 0. The van der Waals surface area contributed by atoms with E-state index in [9.17, 15) is 4.39 Å². The van der Waals surface area contributed by atoms with Crippen LogP contribution in [0.3, 0.4) is 0 Å². The van der Waals surface area contributed by atoms with Gasteiger partial charge in [0, 0.05) is 12.6 Å². The highest BCUT2D eigenvalue weighted by molar-refractivity contribution is 7.97. The van der Waals surface area contributed by atoms with Crippen LogP contribution in [0.25, 0.3) is 0 Å². The van der Waals surface area contributed by atoms with E-state index >= 15 is 0 Å². The van der Waals surface area contributed by atoms with Crippen LogP contribution in [0.4, 0.5) is 4.39 Å². The minimum Gasteiger partial charge on any atom is -0.395 e. The molecule has 0 radical (unpaired) electrons. The van der Waals surface area contributed by atoms with Crippen molar-refractivity contribution in [3.8, 4) is 0 Å². The second-order valence-electron chi connectivity index (χ2n) is 4.01. The maximum Gasteiger partial charge on any atom is 0.126 e. The Morgan fingerprint density at radius 2 is 2.35 bits per heavy atom. The van der Waals surface area contributed by atoms with Gasteiger partial charge in [-0.2, -0.15) is 0 Å². The van der Waals surface area contributed by atoms with Crippen molar-refractivity contribution in [2.45, 2.75) is 18.9 Å². The van der Waals surface area contributed by atoms with Crippen LogP contribution < -0.4 is 10.0 Å². The zero-order valence-corrected chi connectivity index (χ0v) is 10.4. The van der Waals surface area contributed by atoms with E-state index in [0.717, 1.165) is 29.8 Å². The smallest absolute Gasteiger partial charge is 0.126 e. The highest BCUT2D eigenvalue weighted by Crippen LogP contribution is 2.32. The van der Waals surface area contributed by atoms with Crippen LogP contribution >= 0.6 is 11.9 Å². The molecule has 0 fully saturated rings. The molecule has 17 heavy (non-hydrogen) atoms. The first kappa shape index (κ1) is 12.8. The summed E-state index contributed by atoms with van der Waals surface area (Å²) in [6, 6.07) is 5.54. The van der Waals surface area contributed by atoms with Gasteiger partial charge in [-0.05, 0) is 30.0 Å². The molecule has 0 aromatic heterocycles. The summed E-state index contributed by atoms with van der Waals surface area (Å²) in [6.07, 6.45) is 1.77. The molecular weight excluding hydrogens is 239 g/mol. The Morgan fingerprint density at radius 3 is 3.18 bits per heavy atom. The monoisotopic (exact) mass is 256 g/mol. The SMILES string of the molecule is OCCNSCNC1CCc2c(F)cccc21. The lowest BCUT2D eigenvalue weighted by atomic mass is 10.1. The van der Waals surface area contributed by atoms with Crippen molar-refractivity contribution in [1.82, 2.24) is 10.0 Å². The Hall–Kier alpha value is -0.620. The fourth-order valence-electron chi connectivity index (χ4n) is 2.13. The van der Waals surface area contributed by atoms with E-state index in [4.69, 9.17) is 5.11 Å². The lowest BCUT2D eigenvalue weighted by Gasteiger charge is -2.13. The summed E-state index contributed by atoms with van der Waals surface area (Å²) in [5.41, 5.74) is 1.95. The summed E-state index contributed by atoms with van der Waals surface area (Å²) in [4.78, 5) is 0. The van der Waals surface area contributed by atoms with E-state index in [2.05, 4.69) is 10.0 Å². The second kappa shape index (κ2) is 6.35. The fourth-order valence-corrected chi connectivity index (χ4v) is 2.76. The van der Waals surface area contributed by atoms with E-state index in [1.165, 1.54) is 18.0 Å². The van der Waals surface area contributed by atoms with Crippen LogP contribution in [-0.2, 0) is 6.42 Å². The van der Waals surface area contributed by atoms with Gasteiger partial charge >= 0.3 is 0 Å². The van der Waals surface area contributed by atoms with Crippen molar-refractivity contribution in [3.05, 3.63) is 35.1 Å². The predicted octanol–water partition coefficient (Wildman–Crippen LogP) is 1.59. The van der Waals surface area contributed by atoms with Gasteiger partial charge in [-0.25, -0.2) is 4.39 Å². The molecule has 2 rings (SSSR count). The minimum atomic E-state index is -0.0853. The molecule has 5 heteroatoms. The number of rotatable bonds is 6. The van der Waals surface area contributed by atoms with Gasteiger partial charge < -0.3 is 5.11 Å². The van der Waals surface area contributed by atoms with Crippen LogP contribution in [0.15, 0.2) is 18.2 Å². The average Bonchev–Trinajstić information content (AvgIpc) is 2.74. The van der Waals surface area contributed by atoms with Gasteiger partial charge in [-0.15, -0.1) is 0 Å². The number of fused-ring (bicyclic) bond motifs is 1. The molecule has 1 aliphatic rings. The molecule has 3 N–H and O–H groups in total. The van der Waals surface area contributed by atoms with E-state index in [-0.39, 0.29) is 18.5 Å². The number of halogens is 1. The maximum absolute atomic E-state index is 13.5. The van der Waals surface area contributed by atoms with Gasteiger partial charge in [-0.3, -0.25) is 10.0 Å². The molecule has 1 atom stereocenters. The van der Waals surface area contributed by atoms with Gasteiger partial charge in [0.2, 0.25) is 0 Å². The number of hydrogen-bond acceptors (Lipinski definition) is 4. The lowest BCUT2D eigenvalue weighted by Crippen LogP contribution is -2.22. The summed E-state index contributed by atoms with van der Waals surface area (Å²) in [6.45, 7) is 0.729. The molecule has 1 unspecified atom stereocenters. The highest BCUT2D eigenvalue weighted by atomic mass is 32.2. The zero-order valence-electron chi connectivity index (χ0n) is 9.58. The Labute approximate surface area is 105 Å². The number of aliphatic hydroxyl groups is 1. The molecule has 1 aromatic carbocycles. The van der Waals surface area contributed by atoms with Gasteiger partial charge in [-0.1, -0.05) is 24.1 Å². The summed E-state index contributed by atoms with van der Waals surface area (Å²) in [5.74, 6) is 0.665. The Balaban J connectivity index is 1.83. The van der Waals surface area contributed by atoms with Gasteiger partial charge in [0.25, 0.3) is 0 Å². The van der Waals surface area contributed by atoms with E-state index in [1.807, 2.05) is 6.07 Å². The number of hydrogen-bond donors (Lipinski definition) is 3. The number of benzene rings is 1. The first-order chi connectivity index (χ1) is 8.33. The third-order valence-electron chi connectivity index (χ3n) is 2.93. The molecule has 0 aliphatic heterocycles. The maximum atomic E-state index is 13.5. The second-order valence-corrected chi connectivity index (χ2v) is 4.88. The van der Waals surface area contributed by atoms with Crippen molar-refractivity contribution in [2.75, 3.05) is 19.0 Å². The van der Waals surface area contributed by atoms with Crippen molar-refractivity contribution in [2.24, 2.45) is 0 Å². The van der Waals surface area contributed by atoms with E-state index in [0.29, 0.717) is 6.54 Å². The Kier molecular flexibility index (Phi) is 4.79. The van der Waals surface area contributed by atoms with Crippen LogP contribution in [0.5, 0.6) is 0 Å². The van der Waals surface area contributed by atoms with Crippen LogP contribution in [0, 0.1) is 5.82 Å². The lowest BCUT2D eigenvalue weighted by molar-refractivity contribution is 0.302. The Bertz CT molecular complexity index is 376. The largest absolute Gasteiger partial charge is 0.395 e. The van der Waals surface area contributed by atoms with Crippen LogP contribution in [0.2, 0.25) is 0 Å². The van der Waals surface area contributed by atoms with Gasteiger partial charge in [0.1, 0.15) is 5.82 Å². The quantitative estimate of drug-likeness (QED) is 0.411. The standard InChI is InChI=1S/C12H17FN2OS/c13-11-3-1-2-10-9(11)4-5-12(10)14-8-17-15-6-7-16/h1-3,12,14-16H,4-8H2. The highest BCUT2D eigenvalue weighted by Gasteiger charge is 2.23. The third kappa shape index (κ3) is 3.19. The average molecular weight is 256 g/mol. The predicted molar refractivity (Wildman–Crippen MR) is 68.1 cm³/mol. The fraction of sp³-hybridized carbons (Fsp3) is 0.500. The molecule has 0 saturated carbocycles. The van der Waals surface area contributed by atoms with Crippen molar-refractivity contribution in [1.29, 1.82) is 0 Å². The zero-order chi connectivity index (χ0) is 12.1. The van der Waals surface area contributed by atoms with E-state index < -0.39 is 0 Å².